The normalized spacial score (nSPS) is 9.22. The molecule has 0 aliphatic carbocycles. The van der Waals surface area contributed by atoms with Crippen LogP contribution >= 0.6 is 22.6 Å². The van der Waals surface area contributed by atoms with Crippen LogP contribution in [0.15, 0.2) is 0 Å². The molecule has 0 atom stereocenters. The molecule has 0 aliphatic heterocycles. The van der Waals surface area contributed by atoms with Gasteiger partial charge in [0, 0.05) is 42.7 Å². The molecular formula is C5H11IN2O. The zero-order valence-corrected chi connectivity index (χ0v) is 7.81. The van der Waals surface area contributed by atoms with E-state index in [-0.39, 0.29) is 3.91 Å². The van der Waals surface area contributed by atoms with E-state index in [1.807, 2.05) is 7.05 Å². The maximum Gasteiger partial charge on any atom is 0.282 e. The number of carbonyl (C=O) groups excluding carboxylic acids is 1. The Morgan fingerprint density at radius 1 is 1.78 bits per heavy atom. The van der Waals surface area contributed by atoms with Crippen molar-refractivity contribution in [2.45, 2.75) is 0 Å². The summed E-state index contributed by atoms with van der Waals surface area (Å²) in [5.74, 6) is 0. The van der Waals surface area contributed by atoms with Crippen molar-refractivity contribution in [1.29, 1.82) is 0 Å². The van der Waals surface area contributed by atoms with Gasteiger partial charge in [-0.2, -0.15) is 0 Å². The molecule has 0 radical (unpaired) electrons. The smallest absolute Gasteiger partial charge is 0.282 e. The van der Waals surface area contributed by atoms with Gasteiger partial charge < -0.3 is 10.2 Å². The maximum atomic E-state index is 10.5. The van der Waals surface area contributed by atoms with E-state index in [0.29, 0.717) is 0 Å². The molecule has 0 aromatic rings. The topological polar surface area (TPSA) is 32.3 Å². The van der Waals surface area contributed by atoms with Gasteiger partial charge in [0.05, 0.1) is 0 Å². The lowest BCUT2D eigenvalue weighted by Crippen LogP contribution is -2.28. The third kappa shape index (κ3) is 4.65. The van der Waals surface area contributed by atoms with Crippen molar-refractivity contribution >= 4 is 26.5 Å². The van der Waals surface area contributed by atoms with Crippen LogP contribution in [-0.4, -0.2) is 36.0 Å². The Kier molecular flexibility index (Phi) is 5.07. The Labute approximate surface area is 68.9 Å². The molecular weight excluding hydrogens is 231 g/mol. The van der Waals surface area contributed by atoms with E-state index in [0.717, 1.165) is 13.1 Å². The summed E-state index contributed by atoms with van der Waals surface area (Å²) < 4.78 is 0.0860. The number of amides is 1. The van der Waals surface area contributed by atoms with E-state index in [4.69, 9.17) is 0 Å². The molecule has 9 heavy (non-hydrogen) atoms. The van der Waals surface area contributed by atoms with Gasteiger partial charge in [0.15, 0.2) is 0 Å². The number of halogens is 1. The molecule has 0 heterocycles. The van der Waals surface area contributed by atoms with Gasteiger partial charge in [0.25, 0.3) is 3.91 Å². The highest BCUT2D eigenvalue weighted by atomic mass is 127. The summed E-state index contributed by atoms with van der Waals surface area (Å²) in [5.41, 5.74) is 0. The minimum atomic E-state index is 0.0860. The third-order valence-corrected chi connectivity index (χ3v) is 1.82. The van der Waals surface area contributed by atoms with Crippen molar-refractivity contribution < 1.29 is 4.79 Å². The average Bonchev–Trinajstić information content (AvgIpc) is 1.82. The van der Waals surface area contributed by atoms with Crippen molar-refractivity contribution in [1.82, 2.24) is 10.2 Å². The molecule has 0 unspecified atom stereocenters. The van der Waals surface area contributed by atoms with Gasteiger partial charge in [-0.1, -0.05) is 0 Å². The third-order valence-electron chi connectivity index (χ3n) is 0.997. The summed E-state index contributed by atoms with van der Waals surface area (Å²) in [4.78, 5) is 12.2. The fraction of sp³-hybridized carbons (Fsp3) is 0.800. The quantitative estimate of drug-likeness (QED) is 0.448. The molecule has 54 valence electrons. The number of nitrogens with one attached hydrogen (secondary N) is 1. The first-order valence-electron chi connectivity index (χ1n) is 2.73. The number of hydrogen-bond donors (Lipinski definition) is 1. The van der Waals surface area contributed by atoms with Crippen LogP contribution in [0, 0.1) is 0 Å². The lowest BCUT2D eigenvalue weighted by atomic mass is 10.6. The van der Waals surface area contributed by atoms with Gasteiger partial charge >= 0.3 is 0 Å². The van der Waals surface area contributed by atoms with Crippen molar-refractivity contribution in [3.8, 4) is 0 Å². The van der Waals surface area contributed by atoms with Crippen LogP contribution in [-0.2, 0) is 0 Å². The van der Waals surface area contributed by atoms with Crippen LogP contribution in [0.1, 0.15) is 0 Å². The zero-order chi connectivity index (χ0) is 7.28. The highest BCUT2D eigenvalue weighted by Crippen LogP contribution is 1.93. The van der Waals surface area contributed by atoms with Gasteiger partial charge in [-0.25, -0.2) is 0 Å². The molecule has 0 aromatic carbocycles. The van der Waals surface area contributed by atoms with Gasteiger partial charge in [-0.15, -0.1) is 0 Å². The Morgan fingerprint density at radius 3 is 2.67 bits per heavy atom. The molecule has 0 fully saturated rings. The second-order valence-electron chi connectivity index (χ2n) is 1.78. The minimum Gasteiger partial charge on any atom is -0.336 e. The molecule has 3 nitrogen and oxygen atoms in total. The van der Waals surface area contributed by atoms with Crippen molar-refractivity contribution in [2.24, 2.45) is 0 Å². The fourth-order valence-electron chi connectivity index (χ4n) is 0.367. The van der Waals surface area contributed by atoms with E-state index in [9.17, 15) is 4.79 Å². The predicted molar refractivity (Wildman–Crippen MR) is 46.0 cm³/mol. The summed E-state index contributed by atoms with van der Waals surface area (Å²) >= 11 is 1.77. The van der Waals surface area contributed by atoms with Crippen LogP contribution in [0.2, 0.25) is 0 Å². The molecule has 0 spiro atoms. The molecule has 0 saturated heterocycles. The first-order chi connectivity index (χ1) is 4.18. The molecule has 4 heteroatoms. The number of likely N-dealkylation sites (N-methyl/N-ethyl adjacent to an activating group) is 2. The van der Waals surface area contributed by atoms with E-state index in [1.165, 1.54) is 0 Å². The summed E-state index contributed by atoms with van der Waals surface area (Å²) in [6, 6.07) is 0. The Balaban J connectivity index is 3.27. The van der Waals surface area contributed by atoms with Crippen LogP contribution < -0.4 is 5.32 Å². The Bertz CT molecular complexity index is 97.0. The molecule has 1 amide bonds. The molecule has 1 N–H and O–H groups in total. The lowest BCUT2D eigenvalue weighted by Gasteiger charge is -2.11. The second-order valence-corrected chi connectivity index (χ2v) is 2.70. The maximum absolute atomic E-state index is 10.5. The first kappa shape index (κ1) is 9.16. The summed E-state index contributed by atoms with van der Waals surface area (Å²) in [5, 5.41) is 2.96. The minimum absolute atomic E-state index is 0.0860. The van der Waals surface area contributed by atoms with Crippen LogP contribution in [0.25, 0.3) is 0 Å². The summed E-state index contributed by atoms with van der Waals surface area (Å²) in [6.45, 7) is 1.63. The standard InChI is InChI=1S/C5H11IN2O/c1-7-3-4-8(2)5(6)9/h7H,3-4H2,1-2H3. The Morgan fingerprint density at radius 2 is 2.33 bits per heavy atom. The summed E-state index contributed by atoms with van der Waals surface area (Å²) in [7, 11) is 3.65. The van der Waals surface area contributed by atoms with Gasteiger partial charge in [0.1, 0.15) is 0 Å². The number of hydrogen-bond acceptors (Lipinski definition) is 2. The van der Waals surface area contributed by atoms with Crippen molar-refractivity contribution in [2.75, 3.05) is 27.2 Å². The molecule has 0 rings (SSSR count). The second kappa shape index (κ2) is 4.99. The number of nitrogens with zero attached hydrogens (tertiary/aromatic N) is 1. The lowest BCUT2D eigenvalue weighted by molar-refractivity contribution is 0.236. The average molecular weight is 242 g/mol. The fourth-order valence-corrected chi connectivity index (χ4v) is 0.609. The first-order valence-corrected chi connectivity index (χ1v) is 3.81. The van der Waals surface area contributed by atoms with Gasteiger partial charge in [0.2, 0.25) is 0 Å². The molecule has 0 aromatic heterocycles. The van der Waals surface area contributed by atoms with Crippen LogP contribution in [0.3, 0.4) is 0 Å². The monoisotopic (exact) mass is 242 g/mol. The van der Waals surface area contributed by atoms with Crippen LogP contribution in [0.5, 0.6) is 0 Å². The van der Waals surface area contributed by atoms with Crippen molar-refractivity contribution in [3.63, 3.8) is 0 Å². The Hall–Kier alpha value is 0.160. The number of rotatable bonds is 3. The van der Waals surface area contributed by atoms with E-state index in [2.05, 4.69) is 5.32 Å². The molecule has 0 bridgehead atoms. The molecule has 0 aliphatic rings. The van der Waals surface area contributed by atoms with E-state index >= 15 is 0 Å². The van der Waals surface area contributed by atoms with Gasteiger partial charge in [-0.05, 0) is 7.05 Å². The number of carbonyl (C=O) groups is 1. The van der Waals surface area contributed by atoms with E-state index < -0.39 is 0 Å². The SMILES string of the molecule is CNCCN(C)C(=O)I. The highest BCUT2D eigenvalue weighted by molar-refractivity contribution is 14.1. The highest BCUT2D eigenvalue weighted by Gasteiger charge is 1.99. The van der Waals surface area contributed by atoms with Crippen LogP contribution in [0.4, 0.5) is 4.79 Å². The molecule has 0 saturated carbocycles. The van der Waals surface area contributed by atoms with E-state index in [1.54, 1.807) is 34.5 Å². The predicted octanol–water partition coefficient (Wildman–Crippen LogP) is 0.693. The van der Waals surface area contributed by atoms with Crippen molar-refractivity contribution in [3.05, 3.63) is 0 Å². The van der Waals surface area contributed by atoms with Gasteiger partial charge in [-0.3, -0.25) is 4.79 Å². The largest absolute Gasteiger partial charge is 0.336 e. The zero-order valence-electron chi connectivity index (χ0n) is 5.65. The summed E-state index contributed by atoms with van der Waals surface area (Å²) in [6.07, 6.45) is 0.